The van der Waals surface area contributed by atoms with Crippen LogP contribution in [0.2, 0.25) is 0 Å². The van der Waals surface area contributed by atoms with Crippen molar-refractivity contribution in [3.05, 3.63) is 79.4 Å². The Morgan fingerprint density at radius 3 is 2.52 bits per heavy atom. The van der Waals surface area contributed by atoms with Crippen LogP contribution in [0.5, 0.6) is 0 Å². The molecular weight excluding hydrogens is 608 g/mol. The third kappa shape index (κ3) is 9.70. The average molecular weight is 661 g/mol. The zero-order valence-electron chi connectivity index (χ0n) is 27.2. The Kier molecular flexibility index (Phi) is 13.8. The first-order valence-corrected chi connectivity index (χ1v) is 18.0. The summed E-state index contributed by atoms with van der Waals surface area (Å²) in [5.41, 5.74) is 2.04. The number of aliphatic hydroxyl groups excluding tert-OH is 2. The molecule has 0 aromatic heterocycles. The molecule has 10 atom stereocenters. The van der Waals surface area contributed by atoms with Crippen LogP contribution < -0.4 is 0 Å². The number of aliphatic hydroxyl groups is 2. The predicted molar refractivity (Wildman–Crippen MR) is 177 cm³/mol. The van der Waals surface area contributed by atoms with Gasteiger partial charge in [-0.15, -0.1) is 6.58 Å². The number of hydrogen-bond acceptors (Lipinski definition) is 9. The first-order chi connectivity index (χ1) is 22.1. The van der Waals surface area contributed by atoms with E-state index in [0.29, 0.717) is 19.6 Å². The zero-order valence-corrected chi connectivity index (χ0v) is 28.1. The summed E-state index contributed by atoms with van der Waals surface area (Å²) in [5.74, 6) is -0.484. The van der Waals surface area contributed by atoms with Crippen molar-refractivity contribution >= 4 is 9.84 Å². The number of hydrogen-bond donors (Lipinski definition) is 2. The minimum Gasteiger partial charge on any atom is -0.394 e. The minimum atomic E-state index is -3.66. The minimum absolute atomic E-state index is 0.0156. The van der Waals surface area contributed by atoms with Crippen LogP contribution in [0.1, 0.15) is 45.4 Å². The standard InChI is InChI=1S/C36H52O9S/c1-6-16-42-17-10-11-28-19-25(3)32(43-28)15-14-29-18-24(2)26(4)33(44-29)21-34-31(23-46(39,40)30-12-8-7-9-13-30)36(41-5)35(45-34)20-27(38)22-37/h6-13,24,27-29,31-38H,1,3-4,14-23H2,2,5H3/b11-10+/t24-,27+,28?,29+,31?,32+,33?,34+,35-,36-/m1/s1. The molecule has 3 aliphatic heterocycles. The zero-order chi connectivity index (χ0) is 33.3. The van der Waals surface area contributed by atoms with Crippen molar-refractivity contribution in [2.24, 2.45) is 11.8 Å². The smallest absolute Gasteiger partial charge is 0.178 e. The highest BCUT2D eigenvalue weighted by molar-refractivity contribution is 7.91. The largest absolute Gasteiger partial charge is 0.394 e. The number of methoxy groups -OCH3 is 1. The molecule has 46 heavy (non-hydrogen) atoms. The summed E-state index contributed by atoms with van der Waals surface area (Å²) >= 11 is 0. The molecule has 0 radical (unpaired) electrons. The van der Waals surface area contributed by atoms with Crippen LogP contribution in [0, 0.1) is 11.8 Å². The fraction of sp³-hybridized carbons (Fsp3) is 0.611. The van der Waals surface area contributed by atoms with Crippen molar-refractivity contribution in [3.8, 4) is 0 Å². The molecule has 0 aliphatic carbocycles. The number of ether oxygens (including phenoxy) is 5. The molecule has 0 spiro atoms. The lowest BCUT2D eigenvalue weighted by Gasteiger charge is -2.38. The molecule has 1 aromatic carbocycles. The Balaban J connectivity index is 1.42. The van der Waals surface area contributed by atoms with E-state index in [1.165, 1.54) is 7.11 Å². The maximum Gasteiger partial charge on any atom is 0.178 e. The highest BCUT2D eigenvalue weighted by Crippen LogP contribution is 2.41. The SMILES string of the molecule is C=CCOC/C=C/C1CC(=C)[C@H](CC[C@H]2C[C@@H](C)C(=C)C(C[C@@H]3O[C@H](C[C@H](O)CO)[C@H](OC)C3CS(=O)(=O)c3ccccc3)O2)O1. The summed E-state index contributed by atoms with van der Waals surface area (Å²) in [5, 5.41) is 19.7. The molecule has 4 rings (SSSR count). The van der Waals surface area contributed by atoms with Gasteiger partial charge in [-0.05, 0) is 48.5 Å². The van der Waals surface area contributed by atoms with Crippen LogP contribution in [-0.2, 0) is 33.5 Å². The molecule has 3 unspecified atom stereocenters. The lowest BCUT2D eigenvalue weighted by molar-refractivity contribution is -0.0785. The van der Waals surface area contributed by atoms with Crippen LogP contribution in [0.3, 0.4) is 0 Å². The fourth-order valence-corrected chi connectivity index (χ4v) is 8.57. The molecule has 9 nitrogen and oxygen atoms in total. The molecule has 1 aromatic rings. The summed E-state index contributed by atoms with van der Waals surface area (Å²) in [6, 6.07) is 8.37. The predicted octanol–water partition coefficient (Wildman–Crippen LogP) is 4.59. The molecular formula is C36H52O9S. The van der Waals surface area contributed by atoms with E-state index < -0.39 is 46.8 Å². The molecule has 256 valence electrons. The van der Waals surface area contributed by atoms with Gasteiger partial charge < -0.3 is 33.9 Å². The Morgan fingerprint density at radius 1 is 1.07 bits per heavy atom. The van der Waals surface area contributed by atoms with Crippen LogP contribution >= 0.6 is 0 Å². The van der Waals surface area contributed by atoms with Crippen LogP contribution in [0.15, 0.2) is 84.3 Å². The molecule has 2 N–H and O–H groups in total. The van der Waals surface area contributed by atoms with E-state index in [2.05, 4.69) is 26.7 Å². The Bertz CT molecular complexity index is 1280. The number of rotatable bonds is 17. The molecule has 3 saturated heterocycles. The lowest BCUT2D eigenvalue weighted by Crippen LogP contribution is -2.40. The normalized spacial score (nSPS) is 32.7. The molecule has 0 saturated carbocycles. The quantitative estimate of drug-likeness (QED) is 0.183. The van der Waals surface area contributed by atoms with E-state index in [9.17, 15) is 18.6 Å². The molecule has 3 aliphatic rings. The van der Waals surface area contributed by atoms with Gasteiger partial charge >= 0.3 is 0 Å². The molecule has 3 heterocycles. The highest BCUT2D eigenvalue weighted by atomic mass is 32.2. The van der Waals surface area contributed by atoms with Gasteiger partial charge in [0.2, 0.25) is 0 Å². The van der Waals surface area contributed by atoms with Crippen LogP contribution in [0.4, 0.5) is 0 Å². The Hall–Kier alpha value is -2.15. The van der Waals surface area contributed by atoms with Crippen LogP contribution in [-0.4, -0.2) is 100 Å². The summed E-state index contributed by atoms with van der Waals surface area (Å²) in [6.45, 7) is 15.0. The lowest BCUT2D eigenvalue weighted by atomic mass is 9.83. The Morgan fingerprint density at radius 2 is 1.83 bits per heavy atom. The van der Waals surface area contributed by atoms with Gasteiger partial charge in [-0.25, -0.2) is 8.42 Å². The highest BCUT2D eigenvalue weighted by Gasteiger charge is 2.49. The second-order valence-electron chi connectivity index (χ2n) is 12.8. The topological polar surface area (TPSA) is 121 Å². The van der Waals surface area contributed by atoms with E-state index in [0.717, 1.165) is 36.8 Å². The van der Waals surface area contributed by atoms with Gasteiger partial charge in [-0.1, -0.05) is 56.5 Å². The van der Waals surface area contributed by atoms with E-state index in [1.54, 1.807) is 36.4 Å². The third-order valence-electron chi connectivity index (χ3n) is 9.39. The maximum absolute atomic E-state index is 13.5. The van der Waals surface area contributed by atoms with Gasteiger partial charge in [0.1, 0.15) is 0 Å². The fourth-order valence-electron chi connectivity index (χ4n) is 6.90. The van der Waals surface area contributed by atoms with E-state index >= 15 is 0 Å². The number of sulfone groups is 1. The monoisotopic (exact) mass is 660 g/mol. The summed E-state index contributed by atoms with van der Waals surface area (Å²) in [6.07, 6.45) is 6.34. The Labute approximate surface area is 274 Å². The maximum atomic E-state index is 13.5. The first-order valence-electron chi connectivity index (χ1n) is 16.3. The van der Waals surface area contributed by atoms with Crippen molar-refractivity contribution in [2.75, 3.05) is 32.7 Å². The molecule has 10 heteroatoms. The molecule has 3 fully saturated rings. The summed E-state index contributed by atoms with van der Waals surface area (Å²) < 4.78 is 57.6. The van der Waals surface area contributed by atoms with Gasteiger partial charge in [0.25, 0.3) is 0 Å². The van der Waals surface area contributed by atoms with Gasteiger partial charge in [-0.2, -0.15) is 0 Å². The van der Waals surface area contributed by atoms with E-state index in [-0.39, 0.29) is 47.4 Å². The van der Waals surface area contributed by atoms with Gasteiger partial charge in [0.05, 0.1) is 79.3 Å². The average Bonchev–Trinajstić information content (AvgIpc) is 3.55. The van der Waals surface area contributed by atoms with Gasteiger partial charge in [0, 0.05) is 32.3 Å². The second kappa shape index (κ2) is 17.3. The van der Waals surface area contributed by atoms with Crippen molar-refractivity contribution in [2.45, 2.75) is 99.2 Å². The first kappa shape index (κ1) is 36.7. The van der Waals surface area contributed by atoms with E-state index in [1.807, 2.05) is 12.2 Å². The molecule has 0 bridgehead atoms. The summed E-state index contributed by atoms with van der Waals surface area (Å²) in [7, 11) is -2.14. The van der Waals surface area contributed by atoms with Crippen molar-refractivity contribution in [1.82, 2.24) is 0 Å². The third-order valence-corrected chi connectivity index (χ3v) is 11.2. The van der Waals surface area contributed by atoms with Crippen molar-refractivity contribution in [1.29, 1.82) is 0 Å². The van der Waals surface area contributed by atoms with Crippen molar-refractivity contribution in [3.63, 3.8) is 0 Å². The molecule has 0 amide bonds. The number of benzene rings is 1. The van der Waals surface area contributed by atoms with E-state index in [4.69, 9.17) is 23.7 Å². The second-order valence-corrected chi connectivity index (χ2v) is 14.8. The summed E-state index contributed by atoms with van der Waals surface area (Å²) in [4.78, 5) is 0.240. The van der Waals surface area contributed by atoms with Gasteiger partial charge in [0.15, 0.2) is 9.84 Å². The van der Waals surface area contributed by atoms with Gasteiger partial charge in [-0.3, -0.25) is 0 Å². The van der Waals surface area contributed by atoms with Crippen molar-refractivity contribution < 1.29 is 42.3 Å². The van der Waals surface area contributed by atoms with Crippen LogP contribution in [0.25, 0.3) is 0 Å².